The van der Waals surface area contributed by atoms with Gasteiger partial charge in [0.25, 0.3) is 0 Å². The predicted molar refractivity (Wildman–Crippen MR) is 57.9 cm³/mol. The van der Waals surface area contributed by atoms with Crippen LogP contribution < -0.4 is 5.32 Å². The smallest absolute Gasteiger partial charge is 0.169 e. The molecule has 1 atom stereocenters. The van der Waals surface area contributed by atoms with Crippen LogP contribution in [0.1, 0.15) is 11.8 Å². The van der Waals surface area contributed by atoms with Crippen LogP contribution in [0, 0.1) is 0 Å². The SMILES string of the molecule is CNC(CS(C)(=O)=O)c1ccc(Br)o1. The van der Waals surface area contributed by atoms with Crippen LogP contribution in [0.25, 0.3) is 0 Å². The summed E-state index contributed by atoms with van der Waals surface area (Å²) in [7, 11) is -1.31. The zero-order chi connectivity index (χ0) is 10.8. The van der Waals surface area contributed by atoms with E-state index in [0.29, 0.717) is 10.4 Å². The van der Waals surface area contributed by atoms with Crippen molar-refractivity contribution in [2.24, 2.45) is 0 Å². The van der Waals surface area contributed by atoms with Gasteiger partial charge in [0, 0.05) is 6.26 Å². The zero-order valence-corrected chi connectivity index (χ0v) is 10.4. The Morgan fingerprint density at radius 1 is 1.57 bits per heavy atom. The van der Waals surface area contributed by atoms with Gasteiger partial charge in [-0.05, 0) is 35.1 Å². The number of sulfone groups is 1. The van der Waals surface area contributed by atoms with E-state index in [1.54, 1.807) is 19.2 Å². The van der Waals surface area contributed by atoms with Gasteiger partial charge in [-0.2, -0.15) is 0 Å². The van der Waals surface area contributed by atoms with Gasteiger partial charge in [-0.15, -0.1) is 0 Å². The summed E-state index contributed by atoms with van der Waals surface area (Å²) < 4.78 is 28.0. The summed E-state index contributed by atoms with van der Waals surface area (Å²) >= 11 is 3.17. The first kappa shape index (κ1) is 11.7. The lowest BCUT2D eigenvalue weighted by atomic mass is 10.2. The van der Waals surface area contributed by atoms with Crippen LogP contribution in [0.5, 0.6) is 0 Å². The third kappa shape index (κ3) is 3.43. The van der Waals surface area contributed by atoms with Crippen molar-refractivity contribution in [2.45, 2.75) is 6.04 Å². The Morgan fingerprint density at radius 2 is 2.21 bits per heavy atom. The summed E-state index contributed by atoms with van der Waals surface area (Å²) in [6.45, 7) is 0. The molecule has 0 saturated carbocycles. The number of nitrogens with one attached hydrogen (secondary N) is 1. The second-order valence-corrected chi connectivity index (χ2v) is 6.04. The van der Waals surface area contributed by atoms with E-state index >= 15 is 0 Å². The minimum Gasteiger partial charge on any atom is -0.453 e. The van der Waals surface area contributed by atoms with Gasteiger partial charge in [-0.3, -0.25) is 0 Å². The van der Waals surface area contributed by atoms with Crippen LogP contribution in [0.3, 0.4) is 0 Å². The number of hydrogen-bond donors (Lipinski definition) is 1. The quantitative estimate of drug-likeness (QED) is 0.905. The molecule has 0 radical (unpaired) electrons. The molecule has 4 nitrogen and oxygen atoms in total. The average molecular weight is 282 g/mol. The van der Waals surface area contributed by atoms with Gasteiger partial charge < -0.3 is 9.73 Å². The lowest BCUT2D eigenvalue weighted by molar-refractivity contribution is 0.433. The van der Waals surface area contributed by atoms with Crippen LogP contribution in [0.2, 0.25) is 0 Å². The molecule has 0 fully saturated rings. The van der Waals surface area contributed by atoms with Crippen molar-refractivity contribution in [2.75, 3.05) is 19.1 Å². The van der Waals surface area contributed by atoms with Gasteiger partial charge in [0.1, 0.15) is 15.6 Å². The van der Waals surface area contributed by atoms with Crippen LogP contribution in [0.4, 0.5) is 0 Å². The molecular weight excluding hydrogens is 270 g/mol. The van der Waals surface area contributed by atoms with Gasteiger partial charge in [-0.25, -0.2) is 8.42 Å². The molecule has 1 N–H and O–H groups in total. The molecular formula is C8H12BrNO3S. The van der Waals surface area contributed by atoms with Gasteiger partial charge in [0.15, 0.2) is 4.67 Å². The fourth-order valence-corrected chi connectivity index (χ4v) is 2.38. The Hall–Kier alpha value is -0.330. The fraction of sp³-hybridized carbons (Fsp3) is 0.500. The molecule has 1 aromatic heterocycles. The Labute approximate surface area is 91.7 Å². The number of hydrogen-bond acceptors (Lipinski definition) is 4. The molecule has 0 aliphatic heterocycles. The second-order valence-electron chi connectivity index (χ2n) is 3.08. The van der Waals surface area contributed by atoms with Crippen LogP contribution in [-0.2, 0) is 9.84 Å². The highest BCUT2D eigenvalue weighted by Crippen LogP contribution is 2.21. The van der Waals surface area contributed by atoms with Crippen molar-refractivity contribution < 1.29 is 12.8 Å². The highest BCUT2D eigenvalue weighted by atomic mass is 79.9. The maximum absolute atomic E-state index is 11.1. The monoisotopic (exact) mass is 281 g/mol. The summed E-state index contributed by atoms with van der Waals surface area (Å²) in [6.07, 6.45) is 1.20. The molecule has 6 heteroatoms. The molecule has 1 heterocycles. The third-order valence-electron chi connectivity index (χ3n) is 1.76. The first-order valence-corrected chi connectivity index (χ1v) is 6.88. The molecule has 0 saturated heterocycles. The summed E-state index contributed by atoms with van der Waals surface area (Å²) in [5, 5.41) is 2.89. The van der Waals surface area contributed by atoms with Gasteiger partial charge in [0.2, 0.25) is 0 Å². The van der Waals surface area contributed by atoms with Crippen LogP contribution in [0.15, 0.2) is 21.2 Å². The fourth-order valence-electron chi connectivity index (χ4n) is 1.13. The normalized spacial score (nSPS) is 14.2. The summed E-state index contributed by atoms with van der Waals surface area (Å²) in [5.41, 5.74) is 0. The topological polar surface area (TPSA) is 59.3 Å². The van der Waals surface area contributed by atoms with Crippen LogP contribution in [-0.4, -0.2) is 27.5 Å². The minimum absolute atomic E-state index is 0.0312. The number of rotatable bonds is 4. The predicted octanol–water partition coefficient (Wildman–Crippen LogP) is 1.35. The van der Waals surface area contributed by atoms with Crippen molar-refractivity contribution in [1.29, 1.82) is 0 Å². The second kappa shape index (κ2) is 4.46. The molecule has 1 rings (SSSR count). The van der Waals surface area contributed by atoms with E-state index in [0.717, 1.165) is 0 Å². The van der Waals surface area contributed by atoms with E-state index in [2.05, 4.69) is 21.2 Å². The van der Waals surface area contributed by atoms with Crippen molar-refractivity contribution in [3.05, 3.63) is 22.6 Å². The van der Waals surface area contributed by atoms with E-state index < -0.39 is 9.84 Å². The van der Waals surface area contributed by atoms with Crippen molar-refractivity contribution >= 4 is 25.8 Å². The number of furan rings is 1. The first-order valence-electron chi connectivity index (χ1n) is 4.02. The van der Waals surface area contributed by atoms with Gasteiger partial charge >= 0.3 is 0 Å². The molecule has 0 spiro atoms. The molecule has 0 amide bonds. The lowest BCUT2D eigenvalue weighted by Crippen LogP contribution is -2.24. The largest absolute Gasteiger partial charge is 0.453 e. The van der Waals surface area contributed by atoms with E-state index in [-0.39, 0.29) is 11.8 Å². The molecule has 0 aliphatic rings. The Bertz CT molecular complexity index is 398. The summed E-state index contributed by atoms with van der Waals surface area (Å²) in [5.74, 6) is 0.647. The van der Waals surface area contributed by atoms with E-state index in [1.807, 2.05) is 0 Å². The van der Waals surface area contributed by atoms with Gasteiger partial charge in [-0.1, -0.05) is 0 Å². The average Bonchev–Trinajstić information content (AvgIpc) is 2.46. The van der Waals surface area contributed by atoms with E-state index in [4.69, 9.17) is 4.42 Å². The standard InChI is InChI=1S/C8H12BrNO3S/c1-10-6(5-14(2,11)12)7-3-4-8(9)13-7/h3-4,6,10H,5H2,1-2H3. The molecule has 0 bridgehead atoms. The van der Waals surface area contributed by atoms with E-state index in [9.17, 15) is 8.42 Å². The molecule has 0 aliphatic carbocycles. The third-order valence-corrected chi connectivity index (χ3v) is 3.12. The first-order chi connectivity index (χ1) is 6.42. The highest BCUT2D eigenvalue weighted by Gasteiger charge is 2.18. The molecule has 14 heavy (non-hydrogen) atoms. The number of halogens is 1. The van der Waals surface area contributed by atoms with Crippen molar-refractivity contribution in [3.8, 4) is 0 Å². The highest BCUT2D eigenvalue weighted by molar-refractivity contribution is 9.10. The summed E-state index contributed by atoms with van der Waals surface area (Å²) in [4.78, 5) is 0. The van der Waals surface area contributed by atoms with E-state index in [1.165, 1.54) is 6.26 Å². The molecule has 0 aromatic carbocycles. The maximum Gasteiger partial charge on any atom is 0.169 e. The van der Waals surface area contributed by atoms with Gasteiger partial charge in [0.05, 0.1) is 11.8 Å². The maximum atomic E-state index is 11.1. The Kier molecular flexibility index (Phi) is 3.74. The zero-order valence-electron chi connectivity index (χ0n) is 7.95. The Morgan fingerprint density at radius 3 is 2.57 bits per heavy atom. The lowest BCUT2D eigenvalue weighted by Gasteiger charge is -2.11. The molecule has 1 unspecified atom stereocenters. The minimum atomic E-state index is -3.01. The Balaban J connectivity index is 2.83. The van der Waals surface area contributed by atoms with Crippen molar-refractivity contribution in [3.63, 3.8) is 0 Å². The van der Waals surface area contributed by atoms with Crippen LogP contribution >= 0.6 is 15.9 Å². The summed E-state index contributed by atoms with van der Waals surface area (Å²) in [6, 6.07) is 3.19. The molecule has 80 valence electrons. The van der Waals surface area contributed by atoms with Crippen molar-refractivity contribution in [1.82, 2.24) is 5.32 Å². The molecule has 1 aromatic rings.